The van der Waals surface area contributed by atoms with Gasteiger partial charge >= 0.3 is 0 Å². The van der Waals surface area contributed by atoms with Crippen LogP contribution in [0.25, 0.3) is 0 Å². The summed E-state index contributed by atoms with van der Waals surface area (Å²) in [5.74, 6) is 0.374. The normalized spacial score (nSPS) is 12.9. The minimum absolute atomic E-state index is 0.139. The van der Waals surface area contributed by atoms with E-state index in [1.807, 2.05) is 25.9 Å². The number of rotatable bonds is 4. The first-order valence-electron chi connectivity index (χ1n) is 4.68. The number of hydrogen-bond donors (Lipinski definition) is 2. The molecule has 0 fully saturated rings. The number of amides is 1. The van der Waals surface area contributed by atoms with E-state index in [2.05, 4.69) is 10.3 Å². The zero-order valence-electron chi connectivity index (χ0n) is 9.48. The predicted molar refractivity (Wildman–Crippen MR) is 58.5 cm³/mol. The highest BCUT2D eigenvalue weighted by Crippen LogP contribution is 2.08. The number of carbonyl (C=O) groups excluding carboxylic acids is 1. The van der Waals surface area contributed by atoms with Gasteiger partial charge in [-0.05, 0) is 21.0 Å². The first kappa shape index (κ1) is 11.5. The fourth-order valence-electron chi connectivity index (χ4n) is 1.11. The first-order chi connectivity index (χ1) is 6.91. The molecule has 0 aromatic carbocycles. The van der Waals surface area contributed by atoms with Crippen molar-refractivity contribution in [1.82, 2.24) is 14.5 Å². The van der Waals surface area contributed by atoms with E-state index < -0.39 is 5.91 Å². The molecule has 0 bridgehead atoms. The van der Waals surface area contributed by atoms with Crippen LogP contribution in [0.3, 0.4) is 0 Å². The van der Waals surface area contributed by atoms with Crippen LogP contribution in [-0.2, 0) is 7.05 Å². The Balaban J connectivity index is 2.80. The molecule has 1 atom stereocenters. The molecule has 1 aromatic rings. The van der Waals surface area contributed by atoms with Gasteiger partial charge in [-0.15, -0.1) is 0 Å². The Morgan fingerprint density at radius 3 is 2.67 bits per heavy atom. The number of nitrogens with zero attached hydrogens (tertiary/aromatic N) is 3. The van der Waals surface area contributed by atoms with Crippen LogP contribution in [0.5, 0.6) is 0 Å². The van der Waals surface area contributed by atoms with E-state index in [0.717, 1.165) is 0 Å². The monoisotopic (exact) mass is 211 g/mol. The quantitative estimate of drug-likeness (QED) is 0.678. The second kappa shape index (κ2) is 4.31. The van der Waals surface area contributed by atoms with Gasteiger partial charge in [0.15, 0.2) is 0 Å². The predicted octanol–water partition coefficient (Wildman–Crippen LogP) is -0.161. The number of imidazole rings is 1. The second-order valence-electron chi connectivity index (χ2n) is 3.71. The largest absolute Gasteiger partial charge is 0.363 e. The number of anilines is 1. The van der Waals surface area contributed by atoms with Crippen molar-refractivity contribution in [1.29, 1.82) is 0 Å². The van der Waals surface area contributed by atoms with Crippen LogP contribution in [-0.4, -0.2) is 40.6 Å². The molecule has 15 heavy (non-hydrogen) atoms. The summed E-state index contributed by atoms with van der Waals surface area (Å²) in [7, 11) is 5.64. The van der Waals surface area contributed by atoms with Gasteiger partial charge < -0.3 is 15.6 Å². The Bertz CT molecular complexity index is 357. The van der Waals surface area contributed by atoms with Crippen LogP contribution < -0.4 is 11.1 Å². The number of aryl methyl sites for hydroxylation is 1. The van der Waals surface area contributed by atoms with Crippen molar-refractivity contribution in [2.24, 2.45) is 12.8 Å². The average molecular weight is 211 g/mol. The lowest BCUT2D eigenvalue weighted by atomic mass is 10.5. The van der Waals surface area contributed by atoms with Crippen molar-refractivity contribution in [3.63, 3.8) is 0 Å². The molecule has 0 aliphatic heterocycles. The topological polar surface area (TPSA) is 76.2 Å². The maximum absolute atomic E-state index is 11.0. The van der Waals surface area contributed by atoms with Gasteiger partial charge in [0.1, 0.15) is 5.82 Å². The van der Waals surface area contributed by atoms with Crippen LogP contribution in [0.1, 0.15) is 17.5 Å². The number of nitrogens with two attached hydrogens (primary N) is 1. The zero-order valence-corrected chi connectivity index (χ0v) is 9.48. The molecular weight excluding hydrogens is 194 g/mol. The Hall–Kier alpha value is -1.56. The Morgan fingerprint density at radius 2 is 2.27 bits per heavy atom. The van der Waals surface area contributed by atoms with Crippen molar-refractivity contribution < 1.29 is 4.79 Å². The maximum atomic E-state index is 11.0. The van der Waals surface area contributed by atoms with Crippen molar-refractivity contribution in [3.8, 4) is 0 Å². The lowest BCUT2D eigenvalue weighted by molar-refractivity contribution is 0.0987. The number of nitrogens with one attached hydrogen (secondary N) is 1. The fourth-order valence-corrected chi connectivity index (χ4v) is 1.11. The summed E-state index contributed by atoms with van der Waals surface area (Å²) in [6.45, 7) is 2.00. The molecule has 0 radical (unpaired) electrons. The maximum Gasteiger partial charge on any atom is 0.284 e. The molecule has 1 unspecified atom stereocenters. The van der Waals surface area contributed by atoms with Crippen LogP contribution in [0.2, 0.25) is 0 Å². The van der Waals surface area contributed by atoms with Gasteiger partial charge in [-0.3, -0.25) is 9.69 Å². The van der Waals surface area contributed by atoms with Crippen molar-refractivity contribution in [3.05, 3.63) is 12.0 Å². The van der Waals surface area contributed by atoms with Crippen LogP contribution >= 0.6 is 0 Å². The van der Waals surface area contributed by atoms with Gasteiger partial charge in [0, 0.05) is 13.2 Å². The van der Waals surface area contributed by atoms with Crippen LogP contribution in [0, 0.1) is 0 Å². The molecule has 1 amide bonds. The Morgan fingerprint density at radius 1 is 1.67 bits per heavy atom. The zero-order chi connectivity index (χ0) is 11.6. The molecular formula is C9H17N5O. The molecule has 0 saturated heterocycles. The summed E-state index contributed by atoms with van der Waals surface area (Å²) in [4.78, 5) is 17.0. The van der Waals surface area contributed by atoms with E-state index in [-0.39, 0.29) is 12.0 Å². The van der Waals surface area contributed by atoms with Gasteiger partial charge in [-0.1, -0.05) is 0 Å². The van der Waals surface area contributed by atoms with Crippen LogP contribution in [0.15, 0.2) is 6.20 Å². The van der Waals surface area contributed by atoms with E-state index in [0.29, 0.717) is 5.82 Å². The molecule has 0 aliphatic rings. The van der Waals surface area contributed by atoms with E-state index in [4.69, 9.17) is 5.73 Å². The molecule has 3 N–H and O–H groups in total. The first-order valence-corrected chi connectivity index (χ1v) is 4.68. The van der Waals surface area contributed by atoms with Gasteiger partial charge in [-0.25, -0.2) is 4.98 Å². The molecule has 84 valence electrons. The highest BCUT2D eigenvalue weighted by Gasteiger charge is 2.12. The van der Waals surface area contributed by atoms with E-state index in [1.165, 1.54) is 0 Å². The molecule has 1 aromatic heterocycles. The van der Waals surface area contributed by atoms with Gasteiger partial charge in [0.25, 0.3) is 5.91 Å². The highest BCUT2D eigenvalue weighted by atomic mass is 16.1. The number of aromatic nitrogens is 2. The third kappa shape index (κ3) is 2.69. The molecule has 6 nitrogen and oxygen atoms in total. The van der Waals surface area contributed by atoms with Crippen molar-refractivity contribution >= 4 is 11.7 Å². The third-order valence-corrected chi connectivity index (χ3v) is 2.23. The lowest BCUT2D eigenvalue weighted by Gasteiger charge is -2.20. The fraction of sp³-hybridized carbons (Fsp3) is 0.556. The molecule has 0 saturated carbocycles. The standard InChI is InChI=1S/C9H17N5O/c1-6(13(2)3)11-7-5-14(4)9(12-7)8(10)15/h5-6,11H,1-4H3,(H2,10,15). The van der Waals surface area contributed by atoms with Crippen LogP contribution in [0.4, 0.5) is 5.82 Å². The van der Waals surface area contributed by atoms with Gasteiger partial charge in [0.05, 0.1) is 6.17 Å². The summed E-state index contributed by atoms with van der Waals surface area (Å²) in [6.07, 6.45) is 1.88. The van der Waals surface area contributed by atoms with E-state index in [1.54, 1.807) is 17.8 Å². The minimum Gasteiger partial charge on any atom is -0.363 e. The highest BCUT2D eigenvalue weighted by molar-refractivity contribution is 5.89. The molecule has 1 heterocycles. The molecule has 6 heteroatoms. The summed E-state index contributed by atoms with van der Waals surface area (Å²) in [5.41, 5.74) is 5.16. The summed E-state index contributed by atoms with van der Waals surface area (Å²) in [5, 5.41) is 3.14. The lowest BCUT2D eigenvalue weighted by Crippen LogP contribution is -2.32. The SMILES string of the molecule is CC(Nc1cn(C)c(C(N)=O)n1)N(C)C. The minimum atomic E-state index is -0.525. The number of primary amides is 1. The van der Waals surface area contributed by atoms with E-state index >= 15 is 0 Å². The number of hydrogen-bond acceptors (Lipinski definition) is 4. The van der Waals surface area contributed by atoms with Gasteiger partial charge in [0.2, 0.25) is 5.82 Å². The second-order valence-corrected chi connectivity index (χ2v) is 3.71. The van der Waals surface area contributed by atoms with E-state index in [9.17, 15) is 4.79 Å². The number of carbonyl (C=O) groups is 1. The third-order valence-electron chi connectivity index (χ3n) is 2.23. The van der Waals surface area contributed by atoms with Crippen molar-refractivity contribution in [2.45, 2.75) is 13.1 Å². The summed E-state index contributed by atoms with van der Waals surface area (Å²) < 4.78 is 1.60. The molecule has 0 aliphatic carbocycles. The summed E-state index contributed by atoms with van der Waals surface area (Å²) >= 11 is 0. The smallest absolute Gasteiger partial charge is 0.284 e. The summed E-state index contributed by atoms with van der Waals surface area (Å²) in [6, 6.07) is 0. The Labute approximate surface area is 89.1 Å². The van der Waals surface area contributed by atoms with Gasteiger partial charge in [-0.2, -0.15) is 0 Å². The van der Waals surface area contributed by atoms with Crippen molar-refractivity contribution in [2.75, 3.05) is 19.4 Å². The average Bonchev–Trinajstić information content (AvgIpc) is 2.46. The Kier molecular flexibility index (Phi) is 3.31. The molecule has 0 spiro atoms. The molecule has 1 rings (SSSR count).